The smallest absolute Gasteiger partial charge is 0.262 e. The molecular weight excluding hydrogens is 444 g/mol. The molecule has 0 atom stereocenters. The molecular formula is C23H27BrN4O2. The van der Waals surface area contributed by atoms with Gasteiger partial charge in [-0.1, -0.05) is 58.4 Å². The van der Waals surface area contributed by atoms with E-state index in [9.17, 15) is 9.59 Å². The van der Waals surface area contributed by atoms with Gasteiger partial charge < -0.3 is 4.90 Å². The fraction of sp³-hybridized carbons (Fsp3) is 0.304. The largest absolute Gasteiger partial charge is 0.300 e. The van der Waals surface area contributed by atoms with E-state index in [1.807, 2.05) is 30.3 Å². The molecule has 0 saturated carbocycles. The molecule has 1 aliphatic heterocycles. The normalized spacial score (nSPS) is 15.2. The van der Waals surface area contributed by atoms with Crippen LogP contribution in [0.4, 0.5) is 0 Å². The number of hydrazine groups is 1. The van der Waals surface area contributed by atoms with Crippen LogP contribution in [0.5, 0.6) is 0 Å². The van der Waals surface area contributed by atoms with E-state index in [0.29, 0.717) is 13.0 Å². The van der Waals surface area contributed by atoms with Gasteiger partial charge in [-0.05, 0) is 29.3 Å². The third-order valence-corrected chi connectivity index (χ3v) is 5.46. The second-order valence-electron chi connectivity index (χ2n) is 7.28. The van der Waals surface area contributed by atoms with Crippen LogP contribution in [0, 0.1) is 0 Å². The maximum atomic E-state index is 12.0. The summed E-state index contributed by atoms with van der Waals surface area (Å²) in [5.74, 6) is -0.552. The van der Waals surface area contributed by atoms with Gasteiger partial charge in [-0.15, -0.1) is 0 Å². The molecule has 2 aromatic rings. The molecule has 7 heteroatoms. The van der Waals surface area contributed by atoms with Gasteiger partial charge in [0.2, 0.25) is 5.91 Å². The lowest BCUT2D eigenvalue weighted by atomic mass is 10.2. The summed E-state index contributed by atoms with van der Waals surface area (Å²) in [4.78, 5) is 28.6. The zero-order chi connectivity index (χ0) is 21.2. The molecule has 0 radical (unpaired) electrons. The van der Waals surface area contributed by atoms with E-state index in [2.05, 4.69) is 60.8 Å². The monoisotopic (exact) mass is 470 g/mol. The average Bonchev–Trinajstić information content (AvgIpc) is 2.76. The van der Waals surface area contributed by atoms with E-state index in [4.69, 9.17) is 0 Å². The molecule has 1 aliphatic rings. The molecule has 6 nitrogen and oxygen atoms in total. The summed E-state index contributed by atoms with van der Waals surface area (Å²) < 4.78 is 0.944. The van der Waals surface area contributed by atoms with Gasteiger partial charge in [0.25, 0.3) is 5.91 Å². The van der Waals surface area contributed by atoms with Gasteiger partial charge >= 0.3 is 0 Å². The minimum Gasteiger partial charge on any atom is -0.300 e. The summed E-state index contributed by atoms with van der Waals surface area (Å²) in [6.07, 6.45) is 3.45. The fourth-order valence-electron chi connectivity index (χ4n) is 3.29. The van der Waals surface area contributed by atoms with Crippen molar-refractivity contribution in [3.8, 4) is 0 Å². The summed E-state index contributed by atoms with van der Waals surface area (Å²) in [5, 5.41) is 0. The summed E-state index contributed by atoms with van der Waals surface area (Å²) in [7, 11) is 0. The molecule has 2 N–H and O–H groups in total. The number of amides is 2. The second kappa shape index (κ2) is 11.6. The number of nitrogens with zero attached hydrogens (tertiary/aromatic N) is 2. The Morgan fingerprint density at radius 2 is 1.67 bits per heavy atom. The number of carbonyl (C=O) groups is 2. The highest BCUT2D eigenvalue weighted by Crippen LogP contribution is 2.12. The van der Waals surface area contributed by atoms with Crippen molar-refractivity contribution in [2.75, 3.05) is 32.7 Å². The number of rotatable bonds is 7. The Morgan fingerprint density at radius 1 is 0.933 bits per heavy atom. The third kappa shape index (κ3) is 7.74. The number of carbonyl (C=O) groups excluding carboxylic acids is 2. The molecule has 1 heterocycles. The van der Waals surface area contributed by atoms with Gasteiger partial charge in [-0.25, -0.2) is 0 Å². The van der Waals surface area contributed by atoms with Crippen LogP contribution >= 0.6 is 15.9 Å². The summed E-state index contributed by atoms with van der Waals surface area (Å²) in [6.45, 7) is 5.54. The summed E-state index contributed by atoms with van der Waals surface area (Å²) in [6, 6.07) is 18.1. The first-order chi connectivity index (χ1) is 14.6. The van der Waals surface area contributed by atoms with Gasteiger partial charge in [-0.2, -0.15) is 0 Å². The zero-order valence-corrected chi connectivity index (χ0v) is 18.5. The molecule has 0 aliphatic carbocycles. The lowest BCUT2D eigenvalue weighted by molar-refractivity contribution is -0.127. The zero-order valence-electron chi connectivity index (χ0n) is 16.9. The van der Waals surface area contributed by atoms with Crippen molar-refractivity contribution >= 4 is 33.8 Å². The van der Waals surface area contributed by atoms with Crippen LogP contribution in [-0.2, 0) is 16.1 Å². The molecule has 2 aromatic carbocycles. The lowest BCUT2D eigenvalue weighted by Crippen LogP contribution is -2.47. The van der Waals surface area contributed by atoms with E-state index in [1.54, 1.807) is 6.08 Å². The molecule has 0 unspecified atom stereocenters. The molecule has 0 aromatic heterocycles. The molecule has 0 spiro atoms. The van der Waals surface area contributed by atoms with E-state index in [0.717, 1.165) is 42.8 Å². The maximum Gasteiger partial charge on any atom is 0.262 e. The van der Waals surface area contributed by atoms with Crippen LogP contribution in [0.2, 0.25) is 0 Å². The van der Waals surface area contributed by atoms with Crippen LogP contribution < -0.4 is 10.9 Å². The predicted molar refractivity (Wildman–Crippen MR) is 122 cm³/mol. The minimum atomic E-state index is -0.363. The van der Waals surface area contributed by atoms with E-state index >= 15 is 0 Å². The Kier molecular flexibility index (Phi) is 8.62. The highest BCUT2D eigenvalue weighted by atomic mass is 79.9. The average molecular weight is 471 g/mol. The SMILES string of the molecule is O=C(/C=C/c1cccc(Br)c1)NNC(=O)CCN1CCN(Cc2ccccc2)CC1. The standard InChI is InChI=1S/C23H27BrN4O2/c24-21-8-4-7-19(17-21)9-10-22(29)25-26-23(30)11-12-27-13-15-28(16-14-27)18-20-5-2-1-3-6-20/h1-10,17H,11-16,18H2,(H,25,29)(H,26,30)/b10-9+. The van der Waals surface area contributed by atoms with Crippen molar-refractivity contribution in [1.82, 2.24) is 20.7 Å². The van der Waals surface area contributed by atoms with Crippen LogP contribution in [0.25, 0.3) is 6.08 Å². The highest BCUT2D eigenvalue weighted by Gasteiger charge is 2.17. The first-order valence-electron chi connectivity index (χ1n) is 10.1. The third-order valence-electron chi connectivity index (χ3n) is 4.97. The molecule has 1 saturated heterocycles. The van der Waals surface area contributed by atoms with Crippen LogP contribution in [0.1, 0.15) is 17.5 Å². The van der Waals surface area contributed by atoms with Crippen molar-refractivity contribution in [1.29, 1.82) is 0 Å². The van der Waals surface area contributed by atoms with Gasteiger partial charge in [-0.3, -0.25) is 25.3 Å². The number of hydrogen-bond donors (Lipinski definition) is 2. The molecule has 30 heavy (non-hydrogen) atoms. The van der Waals surface area contributed by atoms with Crippen LogP contribution in [0.15, 0.2) is 65.1 Å². The second-order valence-corrected chi connectivity index (χ2v) is 8.19. The molecule has 158 valence electrons. The first-order valence-corrected chi connectivity index (χ1v) is 10.9. The topological polar surface area (TPSA) is 64.7 Å². The van der Waals surface area contributed by atoms with Crippen LogP contribution in [0.3, 0.4) is 0 Å². The van der Waals surface area contributed by atoms with Crippen molar-refractivity contribution in [3.05, 3.63) is 76.3 Å². The molecule has 1 fully saturated rings. The number of benzene rings is 2. The van der Waals surface area contributed by atoms with Gasteiger partial charge in [0.15, 0.2) is 0 Å². The van der Waals surface area contributed by atoms with Crippen LogP contribution in [-0.4, -0.2) is 54.3 Å². The first kappa shape index (κ1) is 22.2. The number of nitrogens with one attached hydrogen (secondary N) is 2. The molecule has 3 rings (SSSR count). The molecule has 2 amide bonds. The Hall–Kier alpha value is -2.48. The number of hydrogen-bond acceptors (Lipinski definition) is 4. The van der Waals surface area contributed by atoms with Crippen molar-refractivity contribution < 1.29 is 9.59 Å². The Bertz CT molecular complexity index is 865. The quantitative estimate of drug-likeness (QED) is 0.482. The Morgan fingerprint density at radius 3 is 2.40 bits per heavy atom. The Balaban J connectivity index is 1.30. The van der Waals surface area contributed by atoms with E-state index in [1.165, 1.54) is 11.6 Å². The minimum absolute atomic E-state index is 0.189. The summed E-state index contributed by atoms with van der Waals surface area (Å²) in [5.41, 5.74) is 7.13. The van der Waals surface area contributed by atoms with Gasteiger partial charge in [0, 0.05) is 56.2 Å². The van der Waals surface area contributed by atoms with Gasteiger partial charge in [0.1, 0.15) is 0 Å². The van der Waals surface area contributed by atoms with Gasteiger partial charge in [0.05, 0.1) is 0 Å². The molecule has 0 bridgehead atoms. The van der Waals surface area contributed by atoms with Crippen molar-refractivity contribution in [2.45, 2.75) is 13.0 Å². The maximum absolute atomic E-state index is 12.0. The summed E-state index contributed by atoms with van der Waals surface area (Å²) >= 11 is 3.39. The van der Waals surface area contributed by atoms with E-state index < -0.39 is 0 Å². The fourth-order valence-corrected chi connectivity index (χ4v) is 3.71. The highest BCUT2D eigenvalue weighted by molar-refractivity contribution is 9.10. The Labute approximate surface area is 186 Å². The lowest BCUT2D eigenvalue weighted by Gasteiger charge is -2.34. The van der Waals surface area contributed by atoms with Crippen molar-refractivity contribution in [3.63, 3.8) is 0 Å². The predicted octanol–water partition coefficient (Wildman–Crippen LogP) is 2.82. The van der Waals surface area contributed by atoms with Crippen molar-refractivity contribution in [2.24, 2.45) is 0 Å². The van der Waals surface area contributed by atoms with E-state index in [-0.39, 0.29) is 11.8 Å². The number of piperazine rings is 1. The number of halogens is 1.